The molecular weight excluding hydrogens is 450 g/mol. The van der Waals surface area contributed by atoms with E-state index in [1.54, 1.807) is 12.1 Å². The van der Waals surface area contributed by atoms with Gasteiger partial charge in [0.25, 0.3) is 0 Å². The molecule has 0 amide bonds. The fraction of sp³-hybridized carbons (Fsp3) is 0.455. The Balaban J connectivity index is 0.00000160. The van der Waals surface area contributed by atoms with Crippen LogP contribution in [0.1, 0.15) is 24.0 Å². The van der Waals surface area contributed by atoms with Crippen LogP contribution >= 0.6 is 36.4 Å². The molecule has 0 aromatic heterocycles. The van der Waals surface area contributed by atoms with Crippen molar-refractivity contribution >= 4 is 36.4 Å². The number of rotatable bonds is 5. The highest BCUT2D eigenvalue weighted by molar-refractivity contribution is 6.31. The zero-order valence-corrected chi connectivity index (χ0v) is 19.1. The molecule has 4 rings (SSSR count). The highest BCUT2D eigenvalue weighted by atomic mass is 35.5. The Kier molecular flexibility index (Phi) is 9.67. The van der Waals surface area contributed by atoms with Gasteiger partial charge in [-0.3, -0.25) is 4.90 Å². The summed E-state index contributed by atoms with van der Waals surface area (Å²) in [6.07, 6.45) is 2.13. The molecule has 30 heavy (non-hydrogen) atoms. The molecule has 0 aliphatic carbocycles. The van der Waals surface area contributed by atoms with E-state index >= 15 is 0 Å². The molecule has 4 nitrogen and oxygen atoms in total. The largest absolute Gasteiger partial charge is 0.489 e. The van der Waals surface area contributed by atoms with Gasteiger partial charge in [-0.25, -0.2) is 4.39 Å². The SMILES string of the molecule is Cl.Cl.Fc1cccc(Cl)c1COc1cccc(CN2CCOC3(CCNCC3)C2)c1. The van der Waals surface area contributed by atoms with E-state index in [4.69, 9.17) is 21.1 Å². The van der Waals surface area contributed by atoms with Crippen LogP contribution in [0.2, 0.25) is 5.02 Å². The molecule has 8 heteroatoms. The third-order valence-electron chi connectivity index (χ3n) is 5.59. The van der Waals surface area contributed by atoms with E-state index in [1.165, 1.54) is 11.6 Å². The van der Waals surface area contributed by atoms with Gasteiger partial charge in [0.15, 0.2) is 0 Å². The lowest BCUT2D eigenvalue weighted by molar-refractivity contribution is -0.125. The molecule has 0 unspecified atom stereocenters. The number of benzene rings is 2. The van der Waals surface area contributed by atoms with E-state index in [1.807, 2.05) is 18.2 Å². The van der Waals surface area contributed by atoms with Crippen molar-refractivity contribution in [1.29, 1.82) is 0 Å². The van der Waals surface area contributed by atoms with Crippen molar-refractivity contribution in [3.63, 3.8) is 0 Å². The predicted octanol–water partition coefficient (Wildman–Crippen LogP) is 4.86. The second kappa shape index (κ2) is 11.5. The summed E-state index contributed by atoms with van der Waals surface area (Å²) >= 11 is 6.08. The predicted molar refractivity (Wildman–Crippen MR) is 123 cm³/mol. The molecular formula is C22H28Cl3FN2O2. The Bertz CT molecular complexity index is 793. The van der Waals surface area contributed by atoms with Crippen molar-refractivity contribution in [3.8, 4) is 5.75 Å². The summed E-state index contributed by atoms with van der Waals surface area (Å²) in [5, 5.41) is 3.80. The van der Waals surface area contributed by atoms with Gasteiger partial charge in [0.05, 0.1) is 17.2 Å². The number of halogens is 4. The minimum atomic E-state index is -0.343. The van der Waals surface area contributed by atoms with Crippen LogP contribution in [0.4, 0.5) is 4.39 Å². The Morgan fingerprint density at radius 1 is 1.13 bits per heavy atom. The van der Waals surface area contributed by atoms with Crippen molar-refractivity contribution in [3.05, 3.63) is 64.4 Å². The Hall–Kier alpha value is -1.08. The molecule has 2 aliphatic heterocycles. The number of hydrogen-bond donors (Lipinski definition) is 1. The van der Waals surface area contributed by atoms with Crippen LogP contribution in [-0.4, -0.2) is 43.3 Å². The number of piperidine rings is 1. The van der Waals surface area contributed by atoms with E-state index in [0.717, 1.165) is 57.9 Å². The van der Waals surface area contributed by atoms with Crippen molar-refractivity contribution in [2.24, 2.45) is 0 Å². The van der Waals surface area contributed by atoms with Crippen LogP contribution < -0.4 is 10.1 Å². The first-order valence-corrected chi connectivity index (χ1v) is 10.2. The monoisotopic (exact) mass is 476 g/mol. The van der Waals surface area contributed by atoms with E-state index in [9.17, 15) is 4.39 Å². The van der Waals surface area contributed by atoms with Gasteiger partial charge in [-0.1, -0.05) is 29.8 Å². The van der Waals surface area contributed by atoms with Gasteiger partial charge >= 0.3 is 0 Å². The van der Waals surface area contributed by atoms with Crippen LogP contribution in [-0.2, 0) is 17.9 Å². The van der Waals surface area contributed by atoms with Crippen LogP contribution in [0, 0.1) is 5.82 Å². The fourth-order valence-corrected chi connectivity index (χ4v) is 4.28. The molecule has 0 bridgehead atoms. The molecule has 2 aromatic rings. The molecule has 2 aliphatic rings. The molecule has 166 valence electrons. The number of morpholine rings is 1. The van der Waals surface area contributed by atoms with Crippen molar-refractivity contribution < 1.29 is 13.9 Å². The summed E-state index contributed by atoms with van der Waals surface area (Å²) in [5.41, 5.74) is 1.57. The van der Waals surface area contributed by atoms with Gasteiger partial charge in [-0.05, 0) is 55.8 Å². The van der Waals surface area contributed by atoms with Crippen LogP contribution in [0.25, 0.3) is 0 Å². The van der Waals surface area contributed by atoms with Gasteiger partial charge in [0.2, 0.25) is 0 Å². The quantitative estimate of drug-likeness (QED) is 0.667. The summed E-state index contributed by atoms with van der Waals surface area (Å²) in [6.45, 7) is 5.70. The fourth-order valence-electron chi connectivity index (χ4n) is 4.06. The number of ether oxygens (including phenoxy) is 2. The maximum absolute atomic E-state index is 13.9. The zero-order valence-electron chi connectivity index (χ0n) is 16.7. The molecule has 2 saturated heterocycles. The van der Waals surface area contributed by atoms with Crippen molar-refractivity contribution in [2.45, 2.75) is 31.6 Å². The summed E-state index contributed by atoms with van der Waals surface area (Å²) in [7, 11) is 0. The zero-order chi connectivity index (χ0) is 19.4. The average Bonchev–Trinajstić information content (AvgIpc) is 2.69. The Morgan fingerprint density at radius 2 is 1.90 bits per heavy atom. The minimum absolute atomic E-state index is 0. The lowest BCUT2D eigenvalue weighted by Crippen LogP contribution is -2.55. The number of nitrogens with one attached hydrogen (secondary N) is 1. The van der Waals surface area contributed by atoms with Gasteiger partial charge in [-0.2, -0.15) is 0 Å². The summed E-state index contributed by atoms with van der Waals surface area (Å²) < 4.78 is 25.9. The lowest BCUT2D eigenvalue weighted by atomic mass is 9.90. The third kappa shape index (κ3) is 6.22. The normalized spacial score (nSPS) is 18.3. The standard InChI is InChI=1S/C22H26ClFN2O2.2ClH/c23-20-5-2-6-21(24)19(20)15-27-18-4-1-3-17(13-18)14-26-11-12-28-22(16-26)7-9-25-10-8-22;;/h1-6,13,25H,7-12,14-16H2;2*1H. The second-order valence-corrected chi connectivity index (χ2v) is 8.04. The van der Waals surface area contributed by atoms with Crippen molar-refractivity contribution in [2.75, 3.05) is 32.8 Å². The smallest absolute Gasteiger partial charge is 0.131 e. The van der Waals surface area contributed by atoms with Gasteiger partial charge in [0, 0.05) is 25.2 Å². The molecule has 0 atom stereocenters. The summed E-state index contributed by atoms with van der Waals surface area (Å²) in [4.78, 5) is 2.46. The van der Waals surface area contributed by atoms with E-state index in [-0.39, 0.29) is 42.8 Å². The van der Waals surface area contributed by atoms with Gasteiger partial charge in [0.1, 0.15) is 18.2 Å². The Morgan fingerprint density at radius 3 is 2.67 bits per heavy atom. The molecule has 1 spiro atoms. The minimum Gasteiger partial charge on any atom is -0.489 e. The lowest BCUT2D eigenvalue weighted by Gasteiger charge is -2.45. The van der Waals surface area contributed by atoms with Crippen LogP contribution in [0.5, 0.6) is 5.75 Å². The third-order valence-corrected chi connectivity index (χ3v) is 5.95. The first-order valence-electron chi connectivity index (χ1n) is 9.85. The summed E-state index contributed by atoms with van der Waals surface area (Å²) in [6, 6.07) is 12.7. The van der Waals surface area contributed by atoms with E-state index in [2.05, 4.69) is 16.3 Å². The highest BCUT2D eigenvalue weighted by Gasteiger charge is 2.37. The summed E-state index contributed by atoms with van der Waals surface area (Å²) in [5.74, 6) is 0.380. The topological polar surface area (TPSA) is 33.7 Å². The van der Waals surface area contributed by atoms with Crippen molar-refractivity contribution in [1.82, 2.24) is 10.2 Å². The molecule has 1 N–H and O–H groups in total. The maximum atomic E-state index is 13.9. The van der Waals surface area contributed by atoms with Crippen LogP contribution in [0.15, 0.2) is 42.5 Å². The second-order valence-electron chi connectivity index (χ2n) is 7.63. The first-order chi connectivity index (χ1) is 13.6. The van der Waals surface area contributed by atoms with E-state index in [0.29, 0.717) is 10.6 Å². The van der Waals surface area contributed by atoms with Gasteiger partial charge in [-0.15, -0.1) is 24.8 Å². The van der Waals surface area contributed by atoms with Gasteiger partial charge < -0.3 is 14.8 Å². The van der Waals surface area contributed by atoms with E-state index < -0.39 is 0 Å². The number of nitrogens with zero attached hydrogens (tertiary/aromatic N) is 1. The highest BCUT2D eigenvalue weighted by Crippen LogP contribution is 2.29. The Labute approximate surface area is 194 Å². The molecule has 2 aromatic carbocycles. The molecule has 2 heterocycles. The average molecular weight is 478 g/mol. The first kappa shape index (κ1) is 25.2. The molecule has 0 saturated carbocycles. The molecule has 0 radical (unpaired) electrons. The molecule has 2 fully saturated rings. The van der Waals surface area contributed by atoms with Crippen LogP contribution in [0.3, 0.4) is 0 Å². The number of hydrogen-bond acceptors (Lipinski definition) is 4. The maximum Gasteiger partial charge on any atom is 0.131 e.